The highest BCUT2D eigenvalue weighted by atomic mass is 16.5. The standard InChI is InChI=1S/C21H28N4O2/c1-21(2,3)15-4-6-16(7-5-15)24-20(26)25-17-8-10-18(11-9-17)27-19-14-22-12-13-23-19/h4-7,12-14,17-18H,8-11H2,1-3H3,(H2,24,25,26). The highest BCUT2D eigenvalue weighted by molar-refractivity contribution is 5.89. The SMILES string of the molecule is CC(C)(C)c1ccc(NC(=O)NC2CCC(Oc3cnccn3)CC2)cc1. The van der Waals surface area contributed by atoms with Gasteiger partial charge in [0.05, 0.1) is 6.20 Å². The van der Waals surface area contributed by atoms with Crippen molar-refractivity contribution in [3.05, 3.63) is 48.4 Å². The number of hydrogen-bond donors (Lipinski definition) is 2. The zero-order valence-corrected chi connectivity index (χ0v) is 16.2. The Balaban J connectivity index is 1.43. The minimum atomic E-state index is -0.156. The van der Waals surface area contributed by atoms with E-state index in [0.29, 0.717) is 5.88 Å². The molecule has 0 atom stereocenters. The van der Waals surface area contributed by atoms with Crippen LogP contribution in [-0.2, 0) is 5.41 Å². The summed E-state index contributed by atoms with van der Waals surface area (Å²) in [5.41, 5.74) is 2.15. The molecule has 3 rings (SSSR count). The van der Waals surface area contributed by atoms with Crippen molar-refractivity contribution in [1.29, 1.82) is 0 Å². The van der Waals surface area contributed by atoms with Crippen molar-refractivity contribution in [2.75, 3.05) is 5.32 Å². The molecule has 0 spiro atoms. The lowest BCUT2D eigenvalue weighted by Crippen LogP contribution is -2.41. The fraction of sp³-hybridized carbons (Fsp3) is 0.476. The fourth-order valence-corrected chi connectivity index (χ4v) is 3.25. The summed E-state index contributed by atoms with van der Waals surface area (Å²) < 4.78 is 5.84. The monoisotopic (exact) mass is 368 g/mol. The molecule has 144 valence electrons. The molecule has 0 unspecified atom stereocenters. The van der Waals surface area contributed by atoms with Gasteiger partial charge in [-0.1, -0.05) is 32.9 Å². The van der Waals surface area contributed by atoms with E-state index in [1.807, 2.05) is 12.1 Å². The summed E-state index contributed by atoms with van der Waals surface area (Å²) in [7, 11) is 0. The number of nitrogens with one attached hydrogen (secondary N) is 2. The van der Waals surface area contributed by atoms with Crippen molar-refractivity contribution in [1.82, 2.24) is 15.3 Å². The Hall–Kier alpha value is -2.63. The van der Waals surface area contributed by atoms with Crippen molar-refractivity contribution >= 4 is 11.7 Å². The van der Waals surface area contributed by atoms with Gasteiger partial charge in [0.1, 0.15) is 6.10 Å². The van der Waals surface area contributed by atoms with Crippen LogP contribution in [0, 0.1) is 0 Å². The molecule has 2 aromatic rings. The molecule has 6 heteroatoms. The number of hydrogen-bond acceptors (Lipinski definition) is 4. The van der Waals surface area contributed by atoms with Gasteiger partial charge in [0, 0.05) is 24.1 Å². The first-order valence-corrected chi connectivity index (χ1v) is 9.51. The second-order valence-electron chi connectivity index (χ2n) is 8.06. The van der Waals surface area contributed by atoms with Gasteiger partial charge < -0.3 is 15.4 Å². The number of carbonyl (C=O) groups is 1. The van der Waals surface area contributed by atoms with Gasteiger partial charge in [-0.3, -0.25) is 4.98 Å². The molecule has 2 amide bonds. The van der Waals surface area contributed by atoms with Crippen molar-refractivity contribution in [3.63, 3.8) is 0 Å². The Morgan fingerprint density at radius 2 is 1.78 bits per heavy atom. The van der Waals surface area contributed by atoms with Crippen LogP contribution in [0.4, 0.5) is 10.5 Å². The van der Waals surface area contributed by atoms with E-state index in [2.05, 4.69) is 53.5 Å². The average Bonchev–Trinajstić information content (AvgIpc) is 2.64. The third-order valence-electron chi connectivity index (χ3n) is 4.85. The lowest BCUT2D eigenvalue weighted by atomic mass is 9.87. The van der Waals surface area contributed by atoms with E-state index in [1.54, 1.807) is 18.6 Å². The van der Waals surface area contributed by atoms with Crippen LogP contribution in [-0.4, -0.2) is 28.1 Å². The smallest absolute Gasteiger partial charge is 0.319 e. The molecule has 27 heavy (non-hydrogen) atoms. The lowest BCUT2D eigenvalue weighted by molar-refractivity contribution is 0.135. The van der Waals surface area contributed by atoms with Gasteiger partial charge in [-0.15, -0.1) is 0 Å². The fourth-order valence-electron chi connectivity index (χ4n) is 3.25. The minimum absolute atomic E-state index is 0.104. The summed E-state index contributed by atoms with van der Waals surface area (Å²) >= 11 is 0. The van der Waals surface area contributed by atoms with Crippen LogP contribution in [0.25, 0.3) is 0 Å². The van der Waals surface area contributed by atoms with E-state index in [4.69, 9.17) is 4.74 Å². The quantitative estimate of drug-likeness (QED) is 0.844. The maximum atomic E-state index is 12.3. The number of nitrogens with zero attached hydrogens (tertiary/aromatic N) is 2. The molecule has 2 N–H and O–H groups in total. The molecule has 0 radical (unpaired) electrons. The molecule has 1 aliphatic carbocycles. The van der Waals surface area contributed by atoms with Crippen molar-refractivity contribution in [2.45, 2.75) is 64.0 Å². The molecule has 1 aromatic carbocycles. The molecule has 0 saturated heterocycles. The van der Waals surface area contributed by atoms with Gasteiger partial charge in [-0.25, -0.2) is 9.78 Å². The minimum Gasteiger partial charge on any atom is -0.473 e. The lowest BCUT2D eigenvalue weighted by Gasteiger charge is -2.29. The molecule has 0 bridgehead atoms. The van der Waals surface area contributed by atoms with Crippen LogP contribution < -0.4 is 15.4 Å². The third-order valence-corrected chi connectivity index (χ3v) is 4.85. The van der Waals surface area contributed by atoms with Crippen LogP contribution in [0.3, 0.4) is 0 Å². The van der Waals surface area contributed by atoms with E-state index >= 15 is 0 Å². The first-order chi connectivity index (χ1) is 12.9. The normalized spacial score (nSPS) is 20.0. The topological polar surface area (TPSA) is 76.1 Å². The number of benzene rings is 1. The summed E-state index contributed by atoms with van der Waals surface area (Å²) in [6.45, 7) is 6.52. The van der Waals surface area contributed by atoms with Crippen molar-refractivity contribution < 1.29 is 9.53 Å². The summed E-state index contributed by atoms with van der Waals surface area (Å²) in [6, 6.07) is 8.03. The largest absolute Gasteiger partial charge is 0.473 e. The average molecular weight is 368 g/mol. The predicted molar refractivity (Wildman–Crippen MR) is 106 cm³/mol. The Morgan fingerprint density at radius 1 is 1.07 bits per heavy atom. The number of anilines is 1. The zero-order valence-electron chi connectivity index (χ0n) is 16.2. The first kappa shape index (κ1) is 19.1. The summed E-state index contributed by atoms with van der Waals surface area (Å²) in [5, 5.41) is 5.98. The van der Waals surface area contributed by atoms with E-state index in [9.17, 15) is 4.79 Å². The van der Waals surface area contributed by atoms with E-state index in [-0.39, 0.29) is 23.6 Å². The number of aromatic nitrogens is 2. The van der Waals surface area contributed by atoms with E-state index in [0.717, 1.165) is 31.4 Å². The first-order valence-electron chi connectivity index (χ1n) is 9.51. The van der Waals surface area contributed by atoms with Crippen LogP contribution in [0.15, 0.2) is 42.9 Å². The number of carbonyl (C=O) groups excluding carboxylic acids is 1. The second kappa shape index (κ2) is 8.37. The van der Waals surface area contributed by atoms with E-state index in [1.165, 1.54) is 5.56 Å². The molecule has 6 nitrogen and oxygen atoms in total. The van der Waals surface area contributed by atoms with Crippen LogP contribution >= 0.6 is 0 Å². The molecule has 1 aliphatic rings. The third kappa shape index (κ3) is 5.67. The molecule has 1 heterocycles. The van der Waals surface area contributed by atoms with Crippen molar-refractivity contribution in [2.24, 2.45) is 0 Å². The summed E-state index contributed by atoms with van der Waals surface area (Å²) in [4.78, 5) is 20.4. The Morgan fingerprint density at radius 3 is 2.37 bits per heavy atom. The summed E-state index contributed by atoms with van der Waals surface area (Å²) in [6.07, 6.45) is 8.58. The highest BCUT2D eigenvalue weighted by Crippen LogP contribution is 2.24. The Labute approximate surface area is 160 Å². The number of rotatable bonds is 4. The van der Waals surface area contributed by atoms with Crippen LogP contribution in [0.5, 0.6) is 5.88 Å². The maximum Gasteiger partial charge on any atom is 0.319 e. The molecule has 1 aromatic heterocycles. The molecular weight excluding hydrogens is 340 g/mol. The predicted octanol–water partition coefficient (Wildman–Crippen LogP) is 4.29. The molecular formula is C21H28N4O2. The zero-order chi connectivity index (χ0) is 19.3. The number of urea groups is 1. The van der Waals surface area contributed by atoms with Crippen molar-refractivity contribution in [3.8, 4) is 5.88 Å². The van der Waals surface area contributed by atoms with Gasteiger partial charge in [-0.05, 0) is 48.8 Å². The van der Waals surface area contributed by atoms with Gasteiger partial charge in [0.25, 0.3) is 0 Å². The Bertz CT molecular complexity index is 733. The van der Waals surface area contributed by atoms with Gasteiger partial charge in [0.2, 0.25) is 5.88 Å². The van der Waals surface area contributed by atoms with Crippen LogP contribution in [0.2, 0.25) is 0 Å². The van der Waals surface area contributed by atoms with Gasteiger partial charge in [0.15, 0.2) is 0 Å². The molecule has 0 aliphatic heterocycles. The summed E-state index contributed by atoms with van der Waals surface area (Å²) in [5.74, 6) is 0.561. The second-order valence-corrected chi connectivity index (χ2v) is 8.06. The number of ether oxygens (including phenoxy) is 1. The molecule has 1 saturated carbocycles. The van der Waals surface area contributed by atoms with Gasteiger partial charge >= 0.3 is 6.03 Å². The highest BCUT2D eigenvalue weighted by Gasteiger charge is 2.24. The van der Waals surface area contributed by atoms with Gasteiger partial charge in [-0.2, -0.15) is 0 Å². The van der Waals surface area contributed by atoms with Crippen LogP contribution in [0.1, 0.15) is 52.0 Å². The Kier molecular flexibility index (Phi) is 5.94. The number of amides is 2. The van der Waals surface area contributed by atoms with E-state index < -0.39 is 0 Å². The molecule has 1 fully saturated rings. The maximum absolute atomic E-state index is 12.3.